The number of amides is 1. The Morgan fingerprint density at radius 1 is 1.32 bits per heavy atom. The normalized spacial score (nSPS) is 22.8. The van der Waals surface area contributed by atoms with Crippen molar-refractivity contribution in [3.05, 3.63) is 36.3 Å². The molecule has 2 saturated carbocycles. The van der Waals surface area contributed by atoms with Gasteiger partial charge in [0.05, 0.1) is 12.1 Å². The van der Waals surface area contributed by atoms with Crippen molar-refractivity contribution < 1.29 is 14.7 Å². The zero-order chi connectivity index (χ0) is 17.4. The smallest absolute Gasteiger partial charge is 0.317 e. The number of aromatic nitrogens is 2. The first-order valence-electron chi connectivity index (χ1n) is 8.78. The monoisotopic (exact) mass is 342 g/mol. The number of fused-ring (bicyclic) bond motifs is 1. The largest absolute Gasteiger partial charge is 0.480 e. The number of carbonyl (C=O) groups is 2. The quantitative estimate of drug-likeness (QED) is 0.794. The van der Waals surface area contributed by atoms with Crippen molar-refractivity contribution in [2.24, 2.45) is 5.92 Å². The maximum atomic E-state index is 12.4. The Labute approximate surface area is 145 Å². The van der Waals surface area contributed by atoms with Crippen LogP contribution in [0.4, 0.5) is 0 Å². The van der Waals surface area contributed by atoms with Crippen molar-refractivity contribution in [1.82, 2.24) is 19.6 Å². The Morgan fingerprint density at radius 3 is 2.84 bits per heavy atom. The number of carboxylic acid groups (broad SMARTS) is 1. The van der Waals surface area contributed by atoms with Gasteiger partial charge in [-0.25, -0.2) is 4.98 Å². The summed E-state index contributed by atoms with van der Waals surface area (Å²) >= 11 is 0. The summed E-state index contributed by atoms with van der Waals surface area (Å²) in [5.74, 6) is -0.206. The van der Waals surface area contributed by atoms with Crippen molar-refractivity contribution in [1.29, 1.82) is 0 Å². The first-order chi connectivity index (χ1) is 12.1. The molecule has 2 aliphatic rings. The van der Waals surface area contributed by atoms with Gasteiger partial charge in [0.25, 0.3) is 5.91 Å². The summed E-state index contributed by atoms with van der Waals surface area (Å²) in [6.45, 7) is 0.966. The van der Waals surface area contributed by atoms with E-state index in [1.54, 1.807) is 18.5 Å². The first kappa shape index (κ1) is 16.1. The third-order valence-corrected chi connectivity index (χ3v) is 5.14. The predicted octanol–water partition coefficient (Wildman–Crippen LogP) is 1.39. The van der Waals surface area contributed by atoms with Gasteiger partial charge in [-0.15, -0.1) is 0 Å². The minimum Gasteiger partial charge on any atom is -0.480 e. The zero-order valence-electron chi connectivity index (χ0n) is 14.0. The summed E-state index contributed by atoms with van der Waals surface area (Å²) in [5.41, 5.74) is 1.42. The lowest BCUT2D eigenvalue weighted by Crippen LogP contribution is -2.55. The molecule has 0 aliphatic heterocycles. The molecule has 2 fully saturated rings. The van der Waals surface area contributed by atoms with Crippen molar-refractivity contribution in [3.8, 4) is 0 Å². The van der Waals surface area contributed by atoms with Crippen LogP contribution in [0.2, 0.25) is 0 Å². The standard InChI is InChI=1S/C18H22N4O3/c23-17(24)11-22(9-12-1-2-12)15-7-14(8-15)20-18(25)13-3-4-16-19-5-6-21(16)10-13/h3-6,10,12,14-15H,1-2,7-9,11H2,(H,20,25)(H,23,24). The first-order valence-corrected chi connectivity index (χ1v) is 8.78. The molecule has 0 aromatic carbocycles. The van der Waals surface area contributed by atoms with Crippen LogP contribution in [0, 0.1) is 5.92 Å². The number of carboxylic acids is 1. The van der Waals surface area contributed by atoms with Crippen LogP contribution in [-0.4, -0.2) is 56.4 Å². The van der Waals surface area contributed by atoms with Gasteiger partial charge in [-0.1, -0.05) is 0 Å². The Kier molecular flexibility index (Phi) is 4.17. The highest BCUT2D eigenvalue weighted by Gasteiger charge is 2.37. The van der Waals surface area contributed by atoms with Crippen LogP contribution < -0.4 is 5.32 Å². The minimum atomic E-state index is -0.776. The maximum absolute atomic E-state index is 12.4. The van der Waals surface area contributed by atoms with Gasteiger partial charge in [-0.2, -0.15) is 0 Å². The van der Waals surface area contributed by atoms with E-state index in [0.29, 0.717) is 11.5 Å². The number of carbonyl (C=O) groups excluding carboxylic acids is 1. The van der Waals surface area contributed by atoms with E-state index in [1.807, 2.05) is 16.7 Å². The third kappa shape index (κ3) is 3.66. The molecule has 25 heavy (non-hydrogen) atoms. The van der Waals surface area contributed by atoms with Crippen LogP contribution >= 0.6 is 0 Å². The van der Waals surface area contributed by atoms with Gasteiger partial charge in [0.2, 0.25) is 0 Å². The molecule has 2 aromatic rings. The van der Waals surface area contributed by atoms with Crippen molar-refractivity contribution >= 4 is 17.5 Å². The number of hydrogen-bond donors (Lipinski definition) is 2. The highest BCUT2D eigenvalue weighted by atomic mass is 16.4. The van der Waals surface area contributed by atoms with E-state index in [2.05, 4.69) is 15.2 Å². The highest BCUT2D eigenvalue weighted by Crippen LogP contribution is 2.33. The van der Waals surface area contributed by atoms with Crippen molar-refractivity contribution in [3.63, 3.8) is 0 Å². The Balaban J connectivity index is 1.32. The number of nitrogens with zero attached hydrogens (tertiary/aromatic N) is 3. The molecule has 132 valence electrons. The molecule has 0 radical (unpaired) electrons. The second-order valence-electron chi connectivity index (χ2n) is 7.17. The second-order valence-corrected chi connectivity index (χ2v) is 7.17. The van der Waals surface area contributed by atoms with E-state index in [4.69, 9.17) is 5.11 Å². The number of hydrogen-bond acceptors (Lipinski definition) is 4. The molecule has 0 spiro atoms. The summed E-state index contributed by atoms with van der Waals surface area (Å²) < 4.78 is 1.82. The summed E-state index contributed by atoms with van der Waals surface area (Å²) in [5, 5.41) is 12.1. The Bertz CT molecular complexity index is 792. The number of nitrogens with one attached hydrogen (secondary N) is 1. The molecule has 0 saturated heterocycles. The lowest BCUT2D eigenvalue weighted by molar-refractivity contribution is -0.139. The molecule has 2 heterocycles. The van der Waals surface area contributed by atoms with Crippen LogP contribution in [-0.2, 0) is 4.79 Å². The topological polar surface area (TPSA) is 86.9 Å². The van der Waals surface area contributed by atoms with Crippen molar-refractivity contribution in [2.75, 3.05) is 13.1 Å². The molecule has 2 N–H and O–H groups in total. The SMILES string of the molecule is O=C(O)CN(CC1CC1)C1CC(NC(=O)c2ccc3nccn3c2)C1. The predicted molar refractivity (Wildman–Crippen MR) is 91.4 cm³/mol. The lowest BCUT2D eigenvalue weighted by Gasteiger charge is -2.42. The average molecular weight is 342 g/mol. The fourth-order valence-electron chi connectivity index (χ4n) is 3.48. The number of rotatable bonds is 7. The lowest BCUT2D eigenvalue weighted by atomic mass is 9.85. The summed E-state index contributed by atoms with van der Waals surface area (Å²) in [6, 6.07) is 3.98. The third-order valence-electron chi connectivity index (χ3n) is 5.14. The minimum absolute atomic E-state index is 0.0916. The van der Waals surface area contributed by atoms with Crippen LogP contribution in [0.25, 0.3) is 5.65 Å². The van der Waals surface area contributed by atoms with Crippen molar-refractivity contribution in [2.45, 2.75) is 37.8 Å². The van der Waals surface area contributed by atoms with Crippen LogP contribution in [0.5, 0.6) is 0 Å². The highest BCUT2D eigenvalue weighted by molar-refractivity contribution is 5.94. The summed E-state index contributed by atoms with van der Waals surface area (Å²) in [7, 11) is 0. The van der Waals surface area contributed by atoms with Gasteiger partial charge in [0.1, 0.15) is 5.65 Å². The van der Waals surface area contributed by atoms with Crippen LogP contribution in [0.3, 0.4) is 0 Å². The van der Waals surface area contributed by atoms with Gasteiger partial charge < -0.3 is 14.8 Å². The average Bonchev–Trinajstić information content (AvgIpc) is 3.22. The second kappa shape index (κ2) is 6.48. The summed E-state index contributed by atoms with van der Waals surface area (Å²) in [4.78, 5) is 29.7. The van der Waals surface area contributed by atoms with E-state index in [1.165, 1.54) is 12.8 Å². The van der Waals surface area contributed by atoms with Gasteiger partial charge in [0.15, 0.2) is 0 Å². The molecule has 2 aromatic heterocycles. The number of imidazole rings is 1. The molecule has 0 unspecified atom stereocenters. The van der Waals surface area contributed by atoms with E-state index in [-0.39, 0.29) is 24.5 Å². The van der Waals surface area contributed by atoms with Gasteiger partial charge in [0, 0.05) is 37.2 Å². The molecular formula is C18H22N4O3. The Hall–Kier alpha value is -2.41. The van der Waals surface area contributed by atoms with Gasteiger partial charge >= 0.3 is 5.97 Å². The molecule has 0 atom stereocenters. The molecular weight excluding hydrogens is 320 g/mol. The van der Waals surface area contributed by atoms with Crippen LogP contribution in [0.15, 0.2) is 30.7 Å². The van der Waals surface area contributed by atoms with Crippen LogP contribution in [0.1, 0.15) is 36.0 Å². The molecule has 0 bridgehead atoms. The zero-order valence-corrected chi connectivity index (χ0v) is 14.0. The van der Waals surface area contributed by atoms with E-state index in [9.17, 15) is 9.59 Å². The number of pyridine rings is 1. The van der Waals surface area contributed by atoms with E-state index >= 15 is 0 Å². The summed E-state index contributed by atoms with van der Waals surface area (Å²) in [6.07, 6.45) is 9.34. The van der Waals surface area contributed by atoms with Gasteiger partial charge in [-0.3, -0.25) is 14.5 Å². The molecule has 7 heteroatoms. The number of aliphatic carboxylic acids is 1. The molecule has 4 rings (SSSR count). The molecule has 7 nitrogen and oxygen atoms in total. The Morgan fingerprint density at radius 2 is 2.12 bits per heavy atom. The van der Waals surface area contributed by atoms with Gasteiger partial charge in [-0.05, 0) is 43.7 Å². The fraction of sp³-hybridized carbons (Fsp3) is 0.500. The van der Waals surface area contributed by atoms with E-state index in [0.717, 1.165) is 25.0 Å². The molecule has 1 amide bonds. The fourth-order valence-corrected chi connectivity index (χ4v) is 3.48. The van der Waals surface area contributed by atoms with E-state index < -0.39 is 5.97 Å². The molecule has 2 aliphatic carbocycles. The maximum Gasteiger partial charge on any atom is 0.317 e.